The molecule has 0 spiro atoms. The minimum atomic E-state index is -1.09. The molecule has 0 saturated carbocycles. The lowest BCUT2D eigenvalue weighted by molar-refractivity contribution is -0.00702. The zero-order valence-corrected chi connectivity index (χ0v) is 14.6. The maximum atomic E-state index is 11.4. The fourth-order valence-electron chi connectivity index (χ4n) is 2.95. The van der Waals surface area contributed by atoms with Gasteiger partial charge in [0.2, 0.25) is 0 Å². The average molecular weight is 375 g/mol. The van der Waals surface area contributed by atoms with E-state index in [4.69, 9.17) is 33.0 Å². The van der Waals surface area contributed by atoms with Crippen LogP contribution in [0, 0.1) is 5.92 Å². The Morgan fingerprint density at radius 3 is 2.92 bits per heavy atom. The number of amides is 2. The summed E-state index contributed by atoms with van der Waals surface area (Å²) in [6.45, 7) is 1.57. The van der Waals surface area contributed by atoms with Gasteiger partial charge in [0.15, 0.2) is 0 Å². The molecule has 1 aliphatic heterocycles. The Morgan fingerprint density at radius 1 is 1.46 bits per heavy atom. The van der Waals surface area contributed by atoms with E-state index in [9.17, 15) is 9.59 Å². The van der Waals surface area contributed by atoms with Crippen molar-refractivity contribution in [3.05, 3.63) is 34.9 Å². The molecule has 1 saturated heterocycles. The quantitative estimate of drug-likeness (QED) is 0.451. The molecule has 0 aromatic heterocycles. The molecule has 8 heteroatoms. The molecule has 132 valence electrons. The van der Waals surface area contributed by atoms with Crippen LogP contribution < -0.4 is 5.32 Å². The first-order chi connectivity index (χ1) is 11.5. The van der Waals surface area contributed by atoms with Crippen molar-refractivity contribution in [2.75, 3.05) is 26.2 Å². The molecule has 0 bridgehead atoms. The fraction of sp³-hybridized carbons (Fsp3) is 0.500. The number of nitrogens with one attached hydrogen (secondary N) is 1. The van der Waals surface area contributed by atoms with Crippen LogP contribution in [0.5, 0.6) is 0 Å². The van der Waals surface area contributed by atoms with E-state index < -0.39 is 11.5 Å². The Labute approximate surface area is 150 Å². The predicted molar refractivity (Wildman–Crippen MR) is 91.7 cm³/mol. The summed E-state index contributed by atoms with van der Waals surface area (Å²) >= 11 is 11.7. The van der Waals surface area contributed by atoms with Gasteiger partial charge in [-0.1, -0.05) is 23.7 Å². The number of piperidine rings is 1. The topological polar surface area (TPSA) is 78.9 Å². The Bertz CT molecular complexity index is 585. The van der Waals surface area contributed by atoms with Gasteiger partial charge in [0.25, 0.3) is 0 Å². The number of benzene rings is 1. The van der Waals surface area contributed by atoms with E-state index in [2.05, 4.69) is 5.32 Å². The van der Waals surface area contributed by atoms with Gasteiger partial charge in [0.1, 0.15) is 0 Å². The molecule has 1 aromatic carbocycles. The summed E-state index contributed by atoms with van der Waals surface area (Å²) in [5.41, 5.74) is 0.909. The molecular formula is C16H20Cl2N2O4. The second kappa shape index (κ2) is 9.11. The monoisotopic (exact) mass is 374 g/mol. The predicted octanol–water partition coefficient (Wildman–Crippen LogP) is 3.74. The number of ether oxygens (including phenoxy) is 1. The molecule has 0 aliphatic carbocycles. The molecule has 1 unspecified atom stereocenters. The van der Waals surface area contributed by atoms with Crippen LogP contribution in [0.1, 0.15) is 24.5 Å². The highest BCUT2D eigenvalue weighted by molar-refractivity contribution is 6.62. The van der Waals surface area contributed by atoms with Crippen LogP contribution in [-0.2, 0) is 4.74 Å². The lowest BCUT2D eigenvalue weighted by atomic mass is 9.88. The van der Waals surface area contributed by atoms with Gasteiger partial charge in [-0.3, -0.25) is 4.79 Å². The van der Waals surface area contributed by atoms with Crippen molar-refractivity contribution in [1.29, 1.82) is 0 Å². The normalized spacial score (nSPS) is 18.9. The third-order valence-corrected chi connectivity index (χ3v) is 4.46. The summed E-state index contributed by atoms with van der Waals surface area (Å²) in [7, 11) is 0. The largest absolute Gasteiger partial charge is 0.465 e. The summed E-state index contributed by atoms with van der Waals surface area (Å²) in [4.78, 5) is 23.6. The van der Waals surface area contributed by atoms with Crippen LogP contribution in [0.25, 0.3) is 0 Å². The molecule has 1 aromatic rings. The number of rotatable bonds is 6. The fourth-order valence-corrected chi connectivity index (χ4v) is 3.30. The zero-order valence-electron chi connectivity index (χ0n) is 13.1. The van der Waals surface area contributed by atoms with E-state index in [1.807, 2.05) is 18.2 Å². The second-order valence-electron chi connectivity index (χ2n) is 5.68. The Kier molecular flexibility index (Phi) is 7.15. The maximum absolute atomic E-state index is 11.4. The third-order valence-electron chi connectivity index (χ3n) is 3.99. The van der Waals surface area contributed by atoms with Crippen molar-refractivity contribution in [1.82, 2.24) is 10.2 Å². The number of carbonyl (C=O) groups excluding carboxylic acids is 1. The van der Waals surface area contributed by atoms with Gasteiger partial charge < -0.3 is 20.1 Å². The standard InChI is InChI=1S/C16H20Cl2N2O4/c17-13-5-1-3-11(9-13)14(24-8-6-19-16(22)23)12-4-2-7-20(10-12)15(18)21/h1,3,5,9,12,14,19H,2,4,6-8,10H2,(H,22,23)/t12?,14-/m0/s1. The van der Waals surface area contributed by atoms with Crippen LogP contribution in [0.3, 0.4) is 0 Å². The maximum Gasteiger partial charge on any atom is 0.404 e. The number of hydrogen-bond acceptors (Lipinski definition) is 3. The van der Waals surface area contributed by atoms with Crippen LogP contribution in [0.4, 0.5) is 9.59 Å². The first kappa shape index (κ1) is 18.8. The van der Waals surface area contributed by atoms with Gasteiger partial charge in [-0.25, -0.2) is 4.79 Å². The van der Waals surface area contributed by atoms with Crippen molar-refractivity contribution in [2.24, 2.45) is 5.92 Å². The average Bonchev–Trinajstić information content (AvgIpc) is 2.54. The second-order valence-corrected chi connectivity index (χ2v) is 6.44. The molecule has 2 N–H and O–H groups in total. The Hall–Kier alpha value is -1.50. The molecule has 1 aliphatic rings. The van der Waals surface area contributed by atoms with E-state index in [1.54, 1.807) is 11.0 Å². The summed E-state index contributed by atoms with van der Waals surface area (Å²) in [6, 6.07) is 7.38. The van der Waals surface area contributed by atoms with Crippen molar-refractivity contribution < 1.29 is 19.4 Å². The third kappa shape index (κ3) is 5.54. The van der Waals surface area contributed by atoms with Gasteiger partial charge in [-0.15, -0.1) is 0 Å². The van der Waals surface area contributed by atoms with Gasteiger partial charge in [-0.2, -0.15) is 0 Å². The molecule has 2 amide bonds. The lowest BCUT2D eigenvalue weighted by Gasteiger charge is -2.36. The highest BCUT2D eigenvalue weighted by Gasteiger charge is 2.30. The Balaban J connectivity index is 2.09. The van der Waals surface area contributed by atoms with Crippen LogP contribution in [0.15, 0.2) is 24.3 Å². The number of carboxylic acid groups (broad SMARTS) is 1. The number of nitrogens with zero attached hydrogens (tertiary/aromatic N) is 1. The summed E-state index contributed by atoms with van der Waals surface area (Å²) in [6.07, 6.45) is 0.369. The van der Waals surface area contributed by atoms with E-state index in [-0.39, 0.29) is 25.2 Å². The van der Waals surface area contributed by atoms with Crippen molar-refractivity contribution in [3.63, 3.8) is 0 Å². The van der Waals surface area contributed by atoms with E-state index in [0.717, 1.165) is 18.4 Å². The number of hydrogen-bond donors (Lipinski definition) is 2. The van der Waals surface area contributed by atoms with Crippen molar-refractivity contribution in [3.8, 4) is 0 Å². The molecule has 6 nitrogen and oxygen atoms in total. The van der Waals surface area contributed by atoms with Gasteiger partial charge in [-0.05, 0) is 42.1 Å². The lowest BCUT2D eigenvalue weighted by Crippen LogP contribution is -2.40. The SMILES string of the molecule is O=C(O)NCCO[C@@H](c1cccc(Cl)c1)C1CCCN(C(=O)Cl)C1. The molecular weight excluding hydrogens is 355 g/mol. The van der Waals surface area contributed by atoms with Gasteiger partial charge in [0, 0.05) is 30.6 Å². The molecule has 1 heterocycles. The first-order valence-electron chi connectivity index (χ1n) is 7.75. The van der Waals surface area contributed by atoms with E-state index in [0.29, 0.717) is 18.1 Å². The first-order valence-corrected chi connectivity index (χ1v) is 8.51. The number of halogens is 2. The molecule has 1 fully saturated rings. The van der Waals surface area contributed by atoms with Crippen LogP contribution in [-0.4, -0.2) is 47.7 Å². The highest BCUT2D eigenvalue weighted by Crippen LogP contribution is 2.34. The van der Waals surface area contributed by atoms with Crippen molar-refractivity contribution >= 4 is 34.7 Å². The van der Waals surface area contributed by atoms with Crippen molar-refractivity contribution in [2.45, 2.75) is 18.9 Å². The summed E-state index contributed by atoms with van der Waals surface area (Å²) in [5, 5.41) is 11.0. The molecule has 0 radical (unpaired) electrons. The van der Waals surface area contributed by atoms with E-state index >= 15 is 0 Å². The zero-order chi connectivity index (χ0) is 17.5. The number of carbonyl (C=O) groups is 2. The molecule has 2 rings (SSSR count). The molecule has 24 heavy (non-hydrogen) atoms. The minimum absolute atomic E-state index is 0.0738. The van der Waals surface area contributed by atoms with Crippen LogP contribution in [0.2, 0.25) is 5.02 Å². The van der Waals surface area contributed by atoms with Gasteiger partial charge in [0.05, 0.1) is 12.7 Å². The van der Waals surface area contributed by atoms with Gasteiger partial charge >= 0.3 is 11.5 Å². The molecule has 2 atom stereocenters. The summed E-state index contributed by atoms with van der Waals surface area (Å²) < 4.78 is 5.94. The Morgan fingerprint density at radius 2 is 2.25 bits per heavy atom. The van der Waals surface area contributed by atoms with Crippen LogP contribution >= 0.6 is 23.2 Å². The summed E-state index contributed by atoms with van der Waals surface area (Å²) in [5.74, 6) is 0.0738. The smallest absolute Gasteiger partial charge is 0.404 e. The van der Waals surface area contributed by atoms with E-state index in [1.165, 1.54) is 0 Å². The number of likely N-dealkylation sites (tertiary alicyclic amines) is 1. The minimum Gasteiger partial charge on any atom is -0.465 e. The highest BCUT2D eigenvalue weighted by atomic mass is 35.5.